The summed E-state index contributed by atoms with van der Waals surface area (Å²) >= 11 is 0. The van der Waals surface area contributed by atoms with Gasteiger partial charge in [-0.05, 0) is 19.1 Å². The number of ketones is 1. The van der Waals surface area contributed by atoms with Crippen molar-refractivity contribution in [2.75, 3.05) is 0 Å². The molecule has 5 heteroatoms. The van der Waals surface area contributed by atoms with Gasteiger partial charge in [0.1, 0.15) is 17.1 Å². The highest BCUT2D eigenvalue weighted by Gasteiger charge is 2.08. The van der Waals surface area contributed by atoms with Crippen LogP contribution in [0.2, 0.25) is 0 Å². The fourth-order valence-electron chi connectivity index (χ4n) is 2.14. The topological polar surface area (TPSA) is 71.8 Å². The van der Waals surface area contributed by atoms with Crippen molar-refractivity contribution in [2.24, 2.45) is 0 Å². The Morgan fingerprint density at radius 1 is 1.40 bits per heavy atom. The lowest BCUT2D eigenvalue weighted by Crippen LogP contribution is -1.95. The largest absolute Gasteiger partial charge is 0.441 e. The third-order valence-corrected chi connectivity index (χ3v) is 3.15. The molecule has 0 unspecified atom stereocenters. The maximum Gasteiger partial charge on any atom is 0.192 e. The highest BCUT2D eigenvalue weighted by atomic mass is 16.3. The molecule has 3 rings (SSSR count). The van der Waals surface area contributed by atoms with Crippen LogP contribution in [0.25, 0.3) is 22.4 Å². The molecule has 1 N–H and O–H groups in total. The summed E-state index contributed by atoms with van der Waals surface area (Å²) in [6.45, 7) is 3.42. The van der Waals surface area contributed by atoms with Crippen molar-refractivity contribution >= 4 is 16.9 Å². The van der Waals surface area contributed by atoms with Crippen LogP contribution in [-0.2, 0) is 11.2 Å². The summed E-state index contributed by atoms with van der Waals surface area (Å²) in [6, 6.07) is 5.85. The van der Waals surface area contributed by atoms with Crippen LogP contribution in [-0.4, -0.2) is 20.7 Å². The van der Waals surface area contributed by atoms with Crippen LogP contribution in [0.1, 0.15) is 25.1 Å². The van der Waals surface area contributed by atoms with Crippen LogP contribution < -0.4 is 0 Å². The number of H-pyrrole nitrogens is 1. The minimum absolute atomic E-state index is 0.168. The van der Waals surface area contributed by atoms with E-state index in [0.717, 1.165) is 28.2 Å². The predicted molar refractivity (Wildman–Crippen MR) is 75.3 cm³/mol. The number of hydrogen-bond acceptors (Lipinski definition) is 4. The number of carbonyl (C=O) groups is 1. The average Bonchev–Trinajstić information content (AvgIpc) is 3.00. The summed E-state index contributed by atoms with van der Waals surface area (Å²) in [5.41, 5.74) is 3.53. The molecule has 0 aliphatic rings. The lowest BCUT2D eigenvalue weighted by atomic mass is 10.1. The Bertz CT molecular complexity index is 770. The quantitative estimate of drug-likeness (QED) is 0.790. The number of carbonyl (C=O) groups excluding carboxylic acids is 1. The van der Waals surface area contributed by atoms with Crippen LogP contribution in [0.15, 0.2) is 28.8 Å². The van der Waals surface area contributed by atoms with Gasteiger partial charge in [0.25, 0.3) is 0 Å². The lowest BCUT2D eigenvalue weighted by Gasteiger charge is -1.97. The molecular weight excluding hydrogens is 254 g/mol. The monoisotopic (exact) mass is 269 g/mol. The molecule has 2 heterocycles. The molecule has 0 fully saturated rings. The molecule has 20 heavy (non-hydrogen) atoms. The van der Waals surface area contributed by atoms with Gasteiger partial charge in [0.15, 0.2) is 11.5 Å². The molecule has 5 nitrogen and oxygen atoms in total. The van der Waals surface area contributed by atoms with Gasteiger partial charge in [-0.1, -0.05) is 6.07 Å². The van der Waals surface area contributed by atoms with Crippen molar-refractivity contribution in [1.29, 1.82) is 0 Å². The molecule has 1 aromatic carbocycles. The van der Waals surface area contributed by atoms with Gasteiger partial charge in [0, 0.05) is 25.3 Å². The molecule has 0 aliphatic heterocycles. The molecule has 2 aromatic heterocycles. The van der Waals surface area contributed by atoms with Crippen LogP contribution in [0.3, 0.4) is 0 Å². The van der Waals surface area contributed by atoms with Gasteiger partial charge in [0.2, 0.25) is 0 Å². The Balaban J connectivity index is 1.88. The van der Waals surface area contributed by atoms with Gasteiger partial charge in [-0.15, -0.1) is 0 Å². The van der Waals surface area contributed by atoms with E-state index in [2.05, 4.69) is 15.0 Å². The Labute approximate surface area is 116 Å². The minimum Gasteiger partial charge on any atom is -0.441 e. The zero-order valence-electron chi connectivity index (χ0n) is 11.4. The van der Waals surface area contributed by atoms with Crippen molar-refractivity contribution in [2.45, 2.75) is 26.7 Å². The number of hydrogen-bond donors (Lipinski definition) is 1. The Hall–Kier alpha value is -2.43. The number of benzene rings is 1. The van der Waals surface area contributed by atoms with Gasteiger partial charge in [-0.3, -0.25) is 0 Å². The predicted octanol–water partition coefficient (Wildman–Crippen LogP) is 3.05. The first-order valence-corrected chi connectivity index (χ1v) is 6.53. The van der Waals surface area contributed by atoms with Crippen molar-refractivity contribution < 1.29 is 9.21 Å². The summed E-state index contributed by atoms with van der Waals surface area (Å²) in [5, 5.41) is 0. The smallest absolute Gasteiger partial charge is 0.192 e. The average molecular weight is 269 g/mol. The number of nitrogens with one attached hydrogen (secondary N) is 1. The minimum atomic E-state index is 0.168. The van der Waals surface area contributed by atoms with Crippen LogP contribution in [0.4, 0.5) is 0 Å². The van der Waals surface area contributed by atoms with E-state index >= 15 is 0 Å². The van der Waals surface area contributed by atoms with Crippen molar-refractivity contribution in [1.82, 2.24) is 15.0 Å². The third kappa shape index (κ3) is 2.47. The standard InChI is InChI=1S/C15H15N3O2/c1-9(19)3-6-15-16-8-13(18-15)11-4-5-12-14(7-11)20-10(2)17-12/h4-5,7-8H,3,6H2,1-2H3,(H,16,18). The zero-order valence-corrected chi connectivity index (χ0v) is 11.4. The summed E-state index contributed by atoms with van der Waals surface area (Å²) in [7, 11) is 0. The molecule has 0 amide bonds. The number of nitrogens with zero attached hydrogens (tertiary/aromatic N) is 2. The van der Waals surface area contributed by atoms with Crippen LogP contribution in [0, 0.1) is 6.92 Å². The van der Waals surface area contributed by atoms with Gasteiger partial charge < -0.3 is 14.2 Å². The van der Waals surface area contributed by atoms with E-state index in [0.29, 0.717) is 18.7 Å². The molecule has 0 aliphatic carbocycles. The first kappa shape index (κ1) is 12.6. The Morgan fingerprint density at radius 2 is 2.25 bits per heavy atom. The lowest BCUT2D eigenvalue weighted by molar-refractivity contribution is -0.117. The second-order valence-electron chi connectivity index (χ2n) is 4.86. The van der Waals surface area contributed by atoms with Gasteiger partial charge in [-0.25, -0.2) is 9.97 Å². The number of aromatic amines is 1. The number of imidazole rings is 1. The normalized spacial score (nSPS) is 11.1. The molecule has 0 bridgehead atoms. The van der Waals surface area contributed by atoms with E-state index in [-0.39, 0.29) is 5.78 Å². The van der Waals surface area contributed by atoms with E-state index in [1.165, 1.54) is 0 Å². The molecule has 102 valence electrons. The molecule has 0 saturated carbocycles. The number of aryl methyl sites for hydroxylation is 2. The first-order valence-electron chi connectivity index (χ1n) is 6.53. The number of rotatable bonds is 4. The summed E-state index contributed by atoms with van der Waals surface area (Å²) in [6.07, 6.45) is 2.92. The van der Waals surface area contributed by atoms with E-state index in [1.54, 1.807) is 13.1 Å². The SMILES string of the molecule is CC(=O)CCc1ncc(-c2ccc3nc(C)oc3c2)[nH]1. The summed E-state index contributed by atoms with van der Waals surface area (Å²) in [5.74, 6) is 1.65. The Kier molecular flexibility index (Phi) is 3.10. The van der Waals surface area contributed by atoms with Crippen molar-refractivity contribution in [3.05, 3.63) is 36.1 Å². The molecule has 0 saturated heterocycles. The molecule has 0 atom stereocenters. The van der Waals surface area contributed by atoms with Gasteiger partial charge in [0.05, 0.1) is 11.9 Å². The number of Topliss-reactive ketones (excluding diaryl/α,β-unsaturated/α-hetero) is 1. The van der Waals surface area contributed by atoms with Crippen molar-refractivity contribution in [3.63, 3.8) is 0 Å². The van der Waals surface area contributed by atoms with E-state index < -0.39 is 0 Å². The highest BCUT2D eigenvalue weighted by molar-refractivity contribution is 5.79. The maximum absolute atomic E-state index is 11.0. The van der Waals surface area contributed by atoms with E-state index in [9.17, 15) is 4.79 Å². The maximum atomic E-state index is 11.0. The van der Waals surface area contributed by atoms with E-state index in [4.69, 9.17) is 4.42 Å². The molecular formula is C15H15N3O2. The van der Waals surface area contributed by atoms with Crippen LogP contribution in [0.5, 0.6) is 0 Å². The van der Waals surface area contributed by atoms with Crippen molar-refractivity contribution in [3.8, 4) is 11.3 Å². The van der Waals surface area contributed by atoms with Gasteiger partial charge >= 0.3 is 0 Å². The highest BCUT2D eigenvalue weighted by Crippen LogP contribution is 2.23. The Morgan fingerprint density at radius 3 is 3.05 bits per heavy atom. The second kappa shape index (κ2) is 4.92. The number of oxazole rings is 1. The van der Waals surface area contributed by atoms with Crippen LogP contribution >= 0.6 is 0 Å². The second-order valence-corrected chi connectivity index (χ2v) is 4.86. The zero-order chi connectivity index (χ0) is 14.1. The molecule has 0 radical (unpaired) electrons. The summed E-state index contributed by atoms with van der Waals surface area (Å²) in [4.78, 5) is 22.8. The molecule has 3 aromatic rings. The first-order chi connectivity index (χ1) is 9.61. The third-order valence-electron chi connectivity index (χ3n) is 3.15. The fraction of sp³-hybridized carbons (Fsp3) is 0.267. The van der Waals surface area contributed by atoms with Gasteiger partial charge in [-0.2, -0.15) is 0 Å². The fourth-order valence-corrected chi connectivity index (χ4v) is 2.14. The van der Waals surface area contributed by atoms with E-state index in [1.807, 2.05) is 25.1 Å². The number of aromatic nitrogens is 3. The molecule has 0 spiro atoms. The summed E-state index contributed by atoms with van der Waals surface area (Å²) < 4.78 is 5.53. The number of fused-ring (bicyclic) bond motifs is 1.